The first-order valence-electron chi connectivity index (χ1n) is 6.70. The standard InChI is InChI=1S/C14H21N3O3/c1-5-18-11(14(2,3)4)12-16-13(20-17-12)10-7-6-9(8-15)19-10/h6-7,11H,5,8,15H2,1-4H3. The van der Waals surface area contributed by atoms with E-state index in [4.69, 9.17) is 19.4 Å². The van der Waals surface area contributed by atoms with Crippen LogP contribution in [0.2, 0.25) is 0 Å². The Morgan fingerprint density at radius 3 is 2.65 bits per heavy atom. The van der Waals surface area contributed by atoms with Crippen molar-refractivity contribution in [3.63, 3.8) is 0 Å². The van der Waals surface area contributed by atoms with Crippen LogP contribution < -0.4 is 5.73 Å². The Kier molecular flexibility index (Phi) is 4.25. The minimum Gasteiger partial charge on any atom is -0.455 e. The maximum Gasteiger partial charge on any atom is 0.293 e. The van der Waals surface area contributed by atoms with Crippen molar-refractivity contribution < 1.29 is 13.7 Å². The Hall–Kier alpha value is -1.66. The normalized spacial score (nSPS) is 13.7. The van der Waals surface area contributed by atoms with E-state index < -0.39 is 0 Å². The fourth-order valence-corrected chi connectivity index (χ4v) is 1.92. The van der Waals surface area contributed by atoms with Gasteiger partial charge in [0.1, 0.15) is 11.9 Å². The lowest BCUT2D eigenvalue weighted by molar-refractivity contribution is -0.0203. The molecule has 2 aromatic heterocycles. The van der Waals surface area contributed by atoms with E-state index >= 15 is 0 Å². The molecule has 6 heteroatoms. The van der Waals surface area contributed by atoms with E-state index in [1.54, 1.807) is 12.1 Å². The third-order valence-electron chi connectivity index (χ3n) is 2.87. The summed E-state index contributed by atoms with van der Waals surface area (Å²) in [5.74, 6) is 2.07. The van der Waals surface area contributed by atoms with E-state index in [2.05, 4.69) is 30.9 Å². The highest BCUT2D eigenvalue weighted by atomic mass is 16.5. The summed E-state index contributed by atoms with van der Waals surface area (Å²) in [7, 11) is 0. The number of ether oxygens (including phenoxy) is 1. The van der Waals surface area contributed by atoms with Gasteiger partial charge < -0.3 is 19.4 Å². The minimum atomic E-state index is -0.228. The lowest BCUT2D eigenvalue weighted by atomic mass is 9.88. The zero-order valence-electron chi connectivity index (χ0n) is 12.3. The largest absolute Gasteiger partial charge is 0.455 e. The minimum absolute atomic E-state index is 0.122. The van der Waals surface area contributed by atoms with Crippen molar-refractivity contribution >= 4 is 0 Å². The maximum absolute atomic E-state index is 5.73. The molecule has 2 N–H and O–H groups in total. The fraction of sp³-hybridized carbons (Fsp3) is 0.571. The second kappa shape index (κ2) is 5.76. The Balaban J connectivity index is 2.26. The molecule has 0 spiro atoms. The predicted octanol–water partition coefficient (Wildman–Crippen LogP) is 2.91. The van der Waals surface area contributed by atoms with E-state index in [9.17, 15) is 0 Å². The topological polar surface area (TPSA) is 87.3 Å². The van der Waals surface area contributed by atoms with Crippen LogP contribution in [0.25, 0.3) is 11.7 Å². The van der Waals surface area contributed by atoms with Crippen LogP contribution in [0, 0.1) is 5.41 Å². The predicted molar refractivity (Wildman–Crippen MR) is 73.7 cm³/mol. The average molecular weight is 279 g/mol. The Morgan fingerprint density at radius 1 is 1.35 bits per heavy atom. The third-order valence-corrected chi connectivity index (χ3v) is 2.87. The number of hydrogen-bond acceptors (Lipinski definition) is 6. The summed E-state index contributed by atoms with van der Waals surface area (Å²) >= 11 is 0. The van der Waals surface area contributed by atoms with Crippen LogP contribution in [-0.4, -0.2) is 16.7 Å². The summed E-state index contributed by atoms with van der Waals surface area (Å²) < 4.78 is 16.5. The molecule has 0 aliphatic rings. The molecule has 1 atom stereocenters. The van der Waals surface area contributed by atoms with Gasteiger partial charge in [0.25, 0.3) is 5.89 Å². The summed E-state index contributed by atoms with van der Waals surface area (Å²) in [5.41, 5.74) is 5.39. The van der Waals surface area contributed by atoms with Crippen LogP contribution in [0.3, 0.4) is 0 Å². The third kappa shape index (κ3) is 3.08. The van der Waals surface area contributed by atoms with Gasteiger partial charge in [0.15, 0.2) is 5.76 Å². The van der Waals surface area contributed by atoms with E-state index in [1.165, 1.54) is 0 Å². The molecule has 6 nitrogen and oxygen atoms in total. The Bertz CT molecular complexity index is 554. The highest BCUT2D eigenvalue weighted by molar-refractivity contribution is 5.44. The van der Waals surface area contributed by atoms with Gasteiger partial charge in [0.2, 0.25) is 5.82 Å². The van der Waals surface area contributed by atoms with Gasteiger partial charge in [-0.25, -0.2) is 0 Å². The van der Waals surface area contributed by atoms with Crippen LogP contribution in [0.15, 0.2) is 21.1 Å². The molecule has 0 aliphatic heterocycles. The van der Waals surface area contributed by atoms with Crippen molar-refractivity contribution in [2.45, 2.75) is 40.3 Å². The first-order valence-corrected chi connectivity index (χ1v) is 6.70. The summed E-state index contributed by atoms with van der Waals surface area (Å²) in [6.07, 6.45) is -0.228. The first kappa shape index (κ1) is 14.7. The van der Waals surface area contributed by atoms with Crippen molar-refractivity contribution in [2.24, 2.45) is 11.1 Å². The number of nitrogens with two attached hydrogens (primary N) is 1. The molecule has 20 heavy (non-hydrogen) atoms. The number of furan rings is 1. The molecule has 0 fully saturated rings. The van der Waals surface area contributed by atoms with E-state index in [0.29, 0.717) is 36.4 Å². The summed E-state index contributed by atoms with van der Waals surface area (Å²) in [4.78, 5) is 4.38. The molecule has 2 aromatic rings. The molecule has 0 bridgehead atoms. The molecule has 2 rings (SSSR count). The average Bonchev–Trinajstić information content (AvgIpc) is 3.02. The van der Waals surface area contributed by atoms with Gasteiger partial charge in [0, 0.05) is 6.61 Å². The lowest BCUT2D eigenvalue weighted by Crippen LogP contribution is -2.22. The van der Waals surface area contributed by atoms with E-state index in [-0.39, 0.29) is 11.5 Å². The molecule has 0 radical (unpaired) electrons. The van der Waals surface area contributed by atoms with Crippen LogP contribution in [0.5, 0.6) is 0 Å². The van der Waals surface area contributed by atoms with Crippen LogP contribution in [0.1, 0.15) is 45.4 Å². The Morgan fingerprint density at radius 2 is 2.10 bits per heavy atom. The van der Waals surface area contributed by atoms with Crippen molar-refractivity contribution in [2.75, 3.05) is 6.61 Å². The van der Waals surface area contributed by atoms with Gasteiger partial charge in [-0.3, -0.25) is 0 Å². The fourth-order valence-electron chi connectivity index (χ4n) is 1.92. The second-order valence-corrected chi connectivity index (χ2v) is 5.63. The number of rotatable bonds is 5. The molecule has 0 amide bonds. The zero-order valence-corrected chi connectivity index (χ0v) is 12.3. The maximum atomic E-state index is 5.73. The SMILES string of the molecule is CCOC(c1noc(-c2ccc(CN)o2)n1)C(C)(C)C. The molecule has 2 heterocycles. The van der Waals surface area contributed by atoms with Gasteiger partial charge in [-0.05, 0) is 24.5 Å². The zero-order chi connectivity index (χ0) is 14.8. The number of aromatic nitrogens is 2. The summed E-state index contributed by atoms with van der Waals surface area (Å²) in [6, 6.07) is 3.56. The summed E-state index contributed by atoms with van der Waals surface area (Å²) in [5, 5.41) is 4.01. The van der Waals surface area contributed by atoms with Gasteiger partial charge >= 0.3 is 0 Å². The van der Waals surface area contributed by atoms with Crippen molar-refractivity contribution in [3.05, 3.63) is 23.7 Å². The van der Waals surface area contributed by atoms with Gasteiger partial charge in [-0.2, -0.15) is 4.98 Å². The van der Waals surface area contributed by atoms with E-state index in [1.807, 2.05) is 6.92 Å². The van der Waals surface area contributed by atoms with Crippen molar-refractivity contribution in [1.82, 2.24) is 10.1 Å². The smallest absolute Gasteiger partial charge is 0.293 e. The molecule has 1 unspecified atom stereocenters. The Labute approximate surface area is 118 Å². The molecular weight excluding hydrogens is 258 g/mol. The van der Waals surface area contributed by atoms with Gasteiger partial charge in [0.05, 0.1) is 6.54 Å². The molecular formula is C14H21N3O3. The number of nitrogens with zero attached hydrogens (tertiary/aromatic N) is 2. The van der Waals surface area contributed by atoms with Crippen molar-refractivity contribution in [3.8, 4) is 11.7 Å². The highest BCUT2D eigenvalue weighted by Gasteiger charge is 2.31. The lowest BCUT2D eigenvalue weighted by Gasteiger charge is -2.27. The van der Waals surface area contributed by atoms with Crippen molar-refractivity contribution in [1.29, 1.82) is 0 Å². The molecule has 110 valence electrons. The molecule has 0 aliphatic carbocycles. The van der Waals surface area contributed by atoms with E-state index in [0.717, 1.165) is 0 Å². The van der Waals surface area contributed by atoms with Gasteiger partial charge in [-0.1, -0.05) is 25.9 Å². The summed E-state index contributed by atoms with van der Waals surface area (Å²) in [6.45, 7) is 9.09. The van der Waals surface area contributed by atoms with Crippen LogP contribution >= 0.6 is 0 Å². The monoisotopic (exact) mass is 279 g/mol. The molecule has 0 aromatic carbocycles. The quantitative estimate of drug-likeness (QED) is 0.905. The molecule has 0 saturated heterocycles. The van der Waals surface area contributed by atoms with Crippen LogP contribution in [0.4, 0.5) is 0 Å². The second-order valence-electron chi connectivity index (χ2n) is 5.63. The first-order chi connectivity index (χ1) is 9.45. The number of hydrogen-bond donors (Lipinski definition) is 1. The highest BCUT2D eigenvalue weighted by Crippen LogP contribution is 2.35. The van der Waals surface area contributed by atoms with Gasteiger partial charge in [-0.15, -0.1) is 0 Å². The van der Waals surface area contributed by atoms with Crippen LogP contribution in [-0.2, 0) is 11.3 Å². The molecule has 0 saturated carbocycles.